The molecule has 1 rings (SSSR count). The van der Waals surface area contributed by atoms with Crippen molar-refractivity contribution in [2.75, 3.05) is 17.7 Å². The van der Waals surface area contributed by atoms with E-state index in [4.69, 9.17) is 0 Å². The minimum atomic E-state index is 0.0507. The van der Waals surface area contributed by atoms with Crippen molar-refractivity contribution in [2.45, 2.75) is 53.0 Å². The summed E-state index contributed by atoms with van der Waals surface area (Å²) in [5.41, 5.74) is 1.13. The second-order valence-corrected chi connectivity index (χ2v) is 4.93. The van der Waals surface area contributed by atoms with Gasteiger partial charge in [-0.3, -0.25) is 0 Å². The van der Waals surface area contributed by atoms with Crippen LogP contribution in [0.1, 0.15) is 45.5 Å². The number of aryl methyl sites for hydroxylation is 1. The largest absolute Gasteiger partial charge is 0.373 e. The Morgan fingerprint density at radius 3 is 2.18 bits per heavy atom. The van der Waals surface area contributed by atoms with Gasteiger partial charge in [-0.25, -0.2) is 9.97 Å². The van der Waals surface area contributed by atoms with Crippen LogP contribution in [-0.2, 0) is 6.42 Å². The molecule has 0 radical (unpaired) electrons. The molecule has 0 aliphatic carbocycles. The molecule has 0 amide bonds. The van der Waals surface area contributed by atoms with Crippen LogP contribution >= 0.6 is 0 Å². The Hall–Kier alpha value is -1.32. The summed E-state index contributed by atoms with van der Waals surface area (Å²) in [6, 6.07) is 0. The maximum atomic E-state index is 4.57. The maximum Gasteiger partial charge on any atom is 0.135 e. The van der Waals surface area contributed by atoms with Crippen molar-refractivity contribution in [3.05, 3.63) is 11.4 Å². The normalized spacial score (nSPS) is 11.4. The minimum Gasteiger partial charge on any atom is -0.373 e. The lowest BCUT2D eigenvalue weighted by molar-refractivity contribution is 0.543. The molecule has 2 N–H and O–H groups in total. The minimum absolute atomic E-state index is 0.0507. The third-order valence-corrected chi connectivity index (χ3v) is 3.09. The summed E-state index contributed by atoms with van der Waals surface area (Å²) in [6.07, 6.45) is 1.89. The fourth-order valence-corrected chi connectivity index (χ4v) is 1.50. The highest BCUT2D eigenvalue weighted by molar-refractivity contribution is 5.57. The molecule has 0 aliphatic heterocycles. The van der Waals surface area contributed by atoms with Gasteiger partial charge >= 0.3 is 0 Å². The zero-order valence-electron chi connectivity index (χ0n) is 11.8. The molecule has 0 spiro atoms. The van der Waals surface area contributed by atoms with Crippen molar-refractivity contribution >= 4 is 11.6 Å². The summed E-state index contributed by atoms with van der Waals surface area (Å²) in [6.45, 7) is 10.6. The van der Waals surface area contributed by atoms with Gasteiger partial charge in [-0.2, -0.15) is 0 Å². The molecular formula is C13H24N4. The molecule has 1 aromatic heterocycles. The Morgan fingerprint density at radius 1 is 1.12 bits per heavy atom. The fourth-order valence-electron chi connectivity index (χ4n) is 1.50. The van der Waals surface area contributed by atoms with E-state index in [0.29, 0.717) is 0 Å². The second kappa shape index (κ2) is 5.34. The first-order valence-electron chi connectivity index (χ1n) is 6.27. The molecule has 0 saturated carbocycles. The third kappa shape index (κ3) is 3.32. The third-order valence-electron chi connectivity index (χ3n) is 3.09. The van der Waals surface area contributed by atoms with E-state index in [1.807, 2.05) is 14.0 Å². The molecule has 17 heavy (non-hydrogen) atoms. The number of hydrogen-bond acceptors (Lipinski definition) is 4. The molecule has 1 heterocycles. The maximum absolute atomic E-state index is 4.57. The Kier molecular flexibility index (Phi) is 4.32. The molecule has 0 fully saturated rings. The van der Waals surface area contributed by atoms with Crippen molar-refractivity contribution in [3.8, 4) is 0 Å². The summed E-state index contributed by atoms with van der Waals surface area (Å²) < 4.78 is 0. The molecule has 0 saturated heterocycles. The highest BCUT2D eigenvalue weighted by atomic mass is 15.1. The second-order valence-electron chi connectivity index (χ2n) is 4.93. The van der Waals surface area contributed by atoms with Gasteiger partial charge in [0.05, 0.1) is 0 Å². The highest BCUT2D eigenvalue weighted by Crippen LogP contribution is 2.24. The SMILES string of the molecule is CCc1nc(NC)c(C)c(NC(C)(C)CC)n1. The van der Waals surface area contributed by atoms with Crippen LogP contribution in [0.5, 0.6) is 0 Å². The van der Waals surface area contributed by atoms with Gasteiger partial charge in [0.2, 0.25) is 0 Å². The Balaban J connectivity index is 3.13. The molecular weight excluding hydrogens is 212 g/mol. The van der Waals surface area contributed by atoms with E-state index >= 15 is 0 Å². The van der Waals surface area contributed by atoms with E-state index in [1.165, 1.54) is 0 Å². The first-order valence-corrected chi connectivity index (χ1v) is 6.27. The number of hydrogen-bond donors (Lipinski definition) is 2. The molecule has 0 aliphatic rings. The lowest BCUT2D eigenvalue weighted by Crippen LogP contribution is -2.31. The Bertz CT molecular complexity index is 385. The van der Waals surface area contributed by atoms with Gasteiger partial charge < -0.3 is 10.6 Å². The average molecular weight is 236 g/mol. The van der Waals surface area contributed by atoms with Gasteiger partial charge in [0, 0.05) is 24.6 Å². The quantitative estimate of drug-likeness (QED) is 0.825. The van der Waals surface area contributed by atoms with Gasteiger partial charge in [-0.1, -0.05) is 13.8 Å². The van der Waals surface area contributed by atoms with Gasteiger partial charge in [0.25, 0.3) is 0 Å². The molecule has 4 heteroatoms. The number of nitrogens with one attached hydrogen (secondary N) is 2. The van der Waals surface area contributed by atoms with E-state index in [2.05, 4.69) is 48.3 Å². The Morgan fingerprint density at radius 2 is 1.71 bits per heavy atom. The lowest BCUT2D eigenvalue weighted by Gasteiger charge is -2.26. The lowest BCUT2D eigenvalue weighted by atomic mass is 10.0. The van der Waals surface area contributed by atoms with Gasteiger partial charge in [0.1, 0.15) is 17.5 Å². The van der Waals surface area contributed by atoms with Crippen molar-refractivity contribution in [1.29, 1.82) is 0 Å². The first kappa shape index (κ1) is 13.7. The summed E-state index contributed by atoms with van der Waals surface area (Å²) >= 11 is 0. The van der Waals surface area contributed by atoms with Crippen molar-refractivity contribution < 1.29 is 0 Å². The van der Waals surface area contributed by atoms with Gasteiger partial charge in [-0.15, -0.1) is 0 Å². The average Bonchev–Trinajstić information content (AvgIpc) is 2.31. The number of rotatable bonds is 5. The van der Waals surface area contributed by atoms with Crippen molar-refractivity contribution in [1.82, 2.24) is 9.97 Å². The number of anilines is 2. The van der Waals surface area contributed by atoms with Crippen LogP contribution < -0.4 is 10.6 Å². The molecule has 0 bridgehead atoms. The smallest absolute Gasteiger partial charge is 0.135 e. The molecule has 0 unspecified atom stereocenters. The van der Waals surface area contributed by atoms with Gasteiger partial charge in [0.15, 0.2) is 0 Å². The van der Waals surface area contributed by atoms with Crippen LogP contribution in [-0.4, -0.2) is 22.6 Å². The zero-order valence-corrected chi connectivity index (χ0v) is 11.8. The van der Waals surface area contributed by atoms with Crippen LogP contribution in [0, 0.1) is 6.92 Å². The Labute approximate surface area is 104 Å². The van der Waals surface area contributed by atoms with Crippen LogP contribution in [0.3, 0.4) is 0 Å². The van der Waals surface area contributed by atoms with Crippen molar-refractivity contribution in [2.24, 2.45) is 0 Å². The van der Waals surface area contributed by atoms with E-state index in [0.717, 1.165) is 35.9 Å². The van der Waals surface area contributed by atoms with E-state index < -0.39 is 0 Å². The van der Waals surface area contributed by atoms with Crippen LogP contribution in [0.25, 0.3) is 0 Å². The highest BCUT2D eigenvalue weighted by Gasteiger charge is 2.18. The van der Waals surface area contributed by atoms with Crippen molar-refractivity contribution in [3.63, 3.8) is 0 Å². The predicted molar refractivity (Wildman–Crippen MR) is 73.7 cm³/mol. The van der Waals surface area contributed by atoms with Gasteiger partial charge in [-0.05, 0) is 27.2 Å². The van der Waals surface area contributed by atoms with Crippen LogP contribution in [0.4, 0.5) is 11.6 Å². The predicted octanol–water partition coefficient (Wildman–Crippen LogP) is 2.99. The van der Waals surface area contributed by atoms with Crippen LogP contribution in [0.2, 0.25) is 0 Å². The molecule has 96 valence electrons. The first-order chi connectivity index (χ1) is 7.93. The summed E-state index contributed by atoms with van der Waals surface area (Å²) in [5.74, 6) is 2.72. The van der Waals surface area contributed by atoms with E-state index in [-0.39, 0.29) is 5.54 Å². The number of aromatic nitrogens is 2. The topological polar surface area (TPSA) is 49.8 Å². The molecule has 4 nitrogen and oxygen atoms in total. The van der Waals surface area contributed by atoms with E-state index in [1.54, 1.807) is 0 Å². The van der Waals surface area contributed by atoms with Crippen LogP contribution in [0.15, 0.2) is 0 Å². The van der Waals surface area contributed by atoms with E-state index in [9.17, 15) is 0 Å². The number of nitrogens with zero attached hydrogens (tertiary/aromatic N) is 2. The summed E-state index contributed by atoms with van der Waals surface area (Å²) in [5, 5.41) is 6.62. The molecule has 0 atom stereocenters. The molecule has 1 aromatic rings. The summed E-state index contributed by atoms with van der Waals surface area (Å²) in [4.78, 5) is 9.03. The summed E-state index contributed by atoms with van der Waals surface area (Å²) in [7, 11) is 1.89. The standard InChI is InChI=1S/C13H24N4/c1-7-10-15-11(14-6)9(3)12(16-10)17-13(4,5)8-2/h7-8H2,1-6H3,(H2,14,15,16,17). The fraction of sp³-hybridized carbons (Fsp3) is 0.692. The monoisotopic (exact) mass is 236 g/mol. The molecule has 0 aromatic carbocycles. The zero-order chi connectivity index (χ0) is 13.1.